The van der Waals surface area contributed by atoms with Gasteiger partial charge in [-0.2, -0.15) is 0 Å². The van der Waals surface area contributed by atoms with Crippen molar-refractivity contribution in [2.75, 3.05) is 27.4 Å². The molecule has 6 nitrogen and oxygen atoms in total. The van der Waals surface area contributed by atoms with Crippen molar-refractivity contribution in [3.63, 3.8) is 0 Å². The van der Waals surface area contributed by atoms with Crippen molar-refractivity contribution in [3.8, 4) is 11.5 Å². The molecular formula is C22H35NO5. The van der Waals surface area contributed by atoms with Gasteiger partial charge < -0.3 is 24.6 Å². The minimum atomic E-state index is -0.463. The lowest BCUT2D eigenvalue weighted by molar-refractivity contribution is -0.126. The van der Waals surface area contributed by atoms with E-state index in [1.54, 1.807) is 14.2 Å². The fourth-order valence-electron chi connectivity index (χ4n) is 3.64. The van der Waals surface area contributed by atoms with Gasteiger partial charge in [0.1, 0.15) is 0 Å². The van der Waals surface area contributed by atoms with Crippen molar-refractivity contribution >= 4 is 5.91 Å². The van der Waals surface area contributed by atoms with Gasteiger partial charge in [0, 0.05) is 26.6 Å². The van der Waals surface area contributed by atoms with E-state index < -0.39 is 6.10 Å². The van der Waals surface area contributed by atoms with Gasteiger partial charge in [-0.25, -0.2) is 0 Å². The smallest absolute Gasteiger partial charge is 0.220 e. The van der Waals surface area contributed by atoms with E-state index in [-0.39, 0.29) is 11.9 Å². The van der Waals surface area contributed by atoms with Gasteiger partial charge in [0.25, 0.3) is 0 Å². The number of hydrogen-bond donors (Lipinski definition) is 2. The first-order valence-corrected chi connectivity index (χ1v) is 10.2. The van der Waals surface area contributed by atoms with Crippen molar-refractivity contribution in [2.45, 2.75) is 58.1 Å². The van der Waals surface area contributed by atoms with E-state index in [9.17, 15) is 9.90 Å². The van der Waals surface area contributed by atoms with E-state index in [1.165, 1.54) is 0 Å². The number of aliphatic hydroxyl groups is 1. The molecule has 3 atom stereocenters. The van der Waals surface area contributed by atoms with Gasteiger partial charge in [0.05, 0.1) is 25.9 Å². The molecule has 1 aromatic carbocycles. The third kappa shape index (κ3) is 6.67. The number of methoxy groups -OCH3 is 2. The molecule has 0 aromatic heterocycles. The minimum absolute atomic E-state index is 0.0361. The number of carbonyl (C=O) groups excluding carboxylic acids is 1. The Morgan fingerprint density at radius 2 is 2.00 bits per heavy atom. The monoisotopic (exact) mass is 393 g/mol. The quantitative estimate of drug-likeness (QED) is 0.565. The van der Waals surface area contributed by atoms with Crippen LogP contribution in [0.5, 0.6) is 11.5 Å². The summed E-state index contributed by atoms with van der Waals surface area (Å²) in [6.45, 7) is 5.61. The third-order valence-corrected chi connectivity index (χ3v) is 5.45. The standard InChI is InChI=1S/C22H35NO5/c1-15(2)17(14-18-19(24)7-9-22(25)23-18)12-16-6-8-20(27-4)21(13-16)28-11-5-10-26-3/h6,8,13,15,17-19,24H,5,7,9-12,14H2,1-4H3,(H,23,25)/t17-,18+,19+/m1/s1. The van der Waals surface area contributed by atoms with E-state index in [4.69, 9.17) is 14.2 Å². The van der Waals surface area contributed by atoms with Crippen LogP contribution < -0.4 is 14.8 Å². The third-order valence-electron chi connectivity index (χ3n) is 5.45. The summed E-state index contributed by atoms with van der Waals surface area (Å²) in [6.07, 6.45) is 2.93. The first-order chi connectivity index (χ1) is 13.4. The topological polar surface area (TPSA) is 77.0 Å². The van der Waals surface area contributed by atoms with Crippen LogP contribution in [-0.4, -0.2) is 50.6 Å². The molecule has 1 aliphatic rings. The molecule has 2 N–H and O–H groups in total. The molecule has 1 fully saturated rings. The van der Waals surface area contributed by atoms with Crippen LogP contribution in [0.25, 0.3) is 0 Å². The second-order valence-corrected chi connectivity index (χ2v) is 7.90. The maximum atomic E-state index is 11.7. The SMILES string of the molecule is COCCCOc1cc(C[C@H](C[C@@H]2NC(=O)CC[C@@H]2O)C(C)C)ccc1OC. The van der Waals surface area contributed by atoms with E-state index in [0.717, 1.165) is 36.3 Å². The minimum Gasteiger partial charge on any atom is -0.493 e. The fourth-order valence-corrected chi connectivity index (χ4v) is 3.64. The average molecular weight is 394 g/mol. The summed E-state index contributed by atoms with van der Waals surface area (Å²) in [4.78, 5) is 11.7. The highest BCUT2D eigenvalue weighted by Gasteiger charge is 2.30. The number of amides is 1. The highest BCUT2D eigenvalue weighted by molar-refractivity contribution is 5.77. The second-order valence-electron chi connectivity index (χ2n) is 7.90. The number of ether oxygens (including phenoxy) is 3. The van der Waals surface area contributed by atoms with Crippen LogP contribution in [0.15, 0.2) is 18.2 Å². The Bertz CT molecular complexity index is 619. The molecule has 0 radical (unpaired) electrons. The molecule has 2 rings (SSSR count). The highest BCUT2D eigenvalue weighted by Crippen LogP contribution is 2.31. The van der Waals surface area contributed by atoms with Crippen molar-refractivity contribution in [2.24, 2.45) is 11.8 Å². The zero-order valence-corrected chi connectivity index (χ0v) is 17.6. The molecule has 0 unspecified atom stereocenters. The van der Waals surface area contributed by atoms with Crippen LogP contribution in [-0.2, 0) is 16.0 Å². The molecule has 1 aliphatic heterocycles. The summed E-state index contributed by atoms with van der Waals surface area (Å²) in [5, 5.41) is 13.2. The molecule has 1 heterocycles. The molecule has 1 amide bonds. The number of aliphatic hydroxyl groups excluding tert-OH is 1. The predicted molar refractivity (Wildman–Crippen MR) is 109 cm³/mol. The lowest BCUT2D eigenvalue weighted by atomic mass is 9.81. The normalized spacial score (nSPS) is 20.7. The maximum absolute atomic E-state index is 11.7. The van der Waals surface area contributed by atoms with E-state index >= 15 is 0 Å². The van der Waals surface area contributed by atoms with Gasteiger partial charge in [-0.3, -0.25) is 4.79 Å². The largest absolute Gasteiger partial charge is 0.493 e. The highest BCUT2D eigenvalue weighted by atomic mass is 16.5. The Hall–Kier alpha value is -1.79. The van der Waals surface area contributed by atoms with Gasteiger partial charge in [-0.05, 0) is 48.8 Å². The Balaban J connectivity index is 2.05. The first-order valence-electron chi connectivity index (χ1n) is 10.2. The molecule has 0 aliphatic carbocycles. The van der Waals surface area contributed by atoms with E-state index in [0.29, 0.717) is 37.9 Å². The summed E-state index contributed by atoms with van der Waals surface area (Å²) < 4.78 is 16.4. The van der Waals surface area contributed by atoms with Crippen molar-refractivity contribution in [3.05, 3.63) is 23.8 Å². The molecule has 0 bridgehead atoms. The summed E-state index contributed by atoms with van der Waals surface area (Å²) in [7, 11) is 3.32. The summed E-state index contributed by atoms with van der Waals surface area (Å²) in [5.41, 5.74) is 1.16. The number of rotatable bonds is 11. The Labute approximate surface area is 168 Å². The number of benzene rings is 1. The summed E-state index contributed by atoms with van der Waals surface area (Å²) in [5.74, 6) is 2.27. The van der Waals surface area contributed by atoms with Crippen molar-refractivity contribution in [1.29, 1.82) is 0 Å². The van der Waals surface area contributed by atoms with Crippen LogP contribution >= 0.6 is 0 Å². The molecule has 0 saturated carbocycles. The average Bonchev–Trinajstić information content (AvgIpc) is 2.67. The lowest BCUT2D eigenvalue weighted by Crippen LogP contribution is -2.49. The number of piperidine rings is 1. The van der Waals surface area contributed by atoms with Gasteiger partial charge >= 0.3 is 0 Å². The summed E-state index contributed by atoms with van der Waals surface area (Å²) in [6, 6.07) is 5.87. The first kappa shape index (κ1) is 22.5. The van der Waals surface area contributed by atoms with Gasteiger partial charge in [-0.1, -0.05) is 19.9 Å². The molecule has 28 heavy (non-hydrogen) atoms. The Morgan fingerprint density at radius 3 is 2.68 bits per heavy atom. The molecular weight excluding hydrogens is 358 g/mol. The van der Waals surface area contributed by atoms with Gasteiger partial charge in [0.2, 0.25) is 5.91 Å². The van der Waals surface area contributed by atoms with E-state index in [1.807, 2.05) is 12.1 Å². The maximum Gasteiger partial charge on any atom is 0.220 e. The van der Waals surface area contributed by atoms with Crippen molar-refractivity contribution in [1.82, 2.24) is 5.32 Å². The zero-order valence-electron chi connectivity index (χ0n) is 17.6. The Morgan fingerprint density at radius 1 is 1.21 bits per heavy atom. The second kappa shape index (κ2) is 11.3. The van der Waals surface area contributed by atoms with Gasteiger partial charge in [0.15, 0.2) is 11.5 Å². The molecule has 1 saturated heterocycles. The summed E-state index contributed by atoms with van der Waals surface area (Å²) >= 11 is 0. The predicted octanol–water partition coefficient (Wildman–Crippen LogP) is 2.95. The van der Waals surface area contributed by atoms with E-state index in [2.05, 4.69) is 25.2 Å². The van der Waals surface area contributed by atoms with Crippen LogP contribution in [0.4, 0.5) is 0 Å². The van der Waals surface area contributed by atoms with Crippen molar-refractivity contribution < 1.29 is 24.1 Å². The van der Waals surface area contributed by atoms with Crippen LogP contribution in [0, 0.1) is 11.8 Å². The van der Waals surface area contributed by atoms with Crippen LogP contribution in [0.1, 0.15) is 45.1 Å². The molecule has 0 spiro atoms. The van der Waals surface area contributed by atoms with Gasteiger partial charge in [-0.15, -0.1) is 0 Å². The number of nitrogens with one attached hydrogen (secondary N) is 1. The molecule has 6 heteroatoms. The lowest BCUT2D eigenvalue weighted by Gasteiger charge is -2.33. The Kier molecular flexibility index (Phi) is 9.06. The molecule has 1 aromatic rings. The van der Waals surface area contributed by atoms with Crippen LogP contribution in [0.3, 0.4) is 0 Å². The number of carbonyl (C=O) groups is 1. The molecule has 158 valence electrons. The van der Waals surface area contributed by atoms with Crippen LogP contribution in [0.2, 0.25) is 0 Å². The number of hydrogen-bond acceptors (Lipinski definition) is 5. The fraction of sp³-hybridized carbons (Fsp3) is 0.682. The zero-order chi connectivity index (χ0) is 20.5.